The van der Waals surface area contributed by atoms with E-state index in [-0.39, 0.29) is 0 Å². The molecule has 0 bridgehead atoms. The quantitative estimate of drug-likeness (QED) is 0.554. The van der Waals surface area contributed by atoms with E-state index in [4.69, 9.17) is 4.74 Å². The van der Waals surface area contributed by atoms with E-state index in [9.17, 15) is 0 Å². The van der Waals surface area contributed by atoms with Gasteiger partial charge in [0.15, 0.2) is 5.96 Å². The number of nitrogens with one attached hydrogen (secondary N) is 2. The average Bonchev–Trinajstić information content (AvgIpc) is 3.07. The summed E-state index contributed by atoms with van der Waals surface area (Å²) < 4.78 is 5.29. The number of hydrogen-bond donors (Lipinski definition) is 2. The van der Waals surface area contributed by atoms with Crippen LogP contribution < -0.4 is 15.5 Å². The Hall–Kier alpha value is -1.75. The van der Waals surface area contributed by atoms with Crippen LogP contribution in [0.4, 0.5) is 5.69 Å². The zero-order chi connectivity index (χ0) is 18.4. The zero-order valence-electron chi connectivity index (χ0n) is 16.6. The molecule has 1 heterocycles. The van der Waals surface area contributed by atoms with Crippen molar-refractivity contribution in [3.8, 4) is 0 Å². The standard InChI is InChI=1S/C21H34N4O/c1-17(25-13-9-18-7-4-5-8-19(18)25)15-23-20(22-2)24-16-21(10-6-11-21)12-14-26-3/h4-5,7-8,17H,6,9-16H2,1-3H3,(H2,22,23,24). The van der Waals surface area contributed by atoms with Crippen LogP contribution >= 0.6 is 0 Å². The normalized spacial score (nSPS) is 19.7. The molecule has 1 saturated carbocycles. The lowest BCUT2D eigenvalue weighted by Crippen LogP contribution is -2.49. The van der Waals surface area contributed by atoms with Crippen molar-refractivity contribution in [3.05, 3.63) is 29.8 Å². The van der Waals surface area contributed by atoms with Crippen molar-refractivity contribution in [1.82, 2.24) is 10.6 Å². The van der Waals surface area contributed by atoms with Gasteiger partial charge in [-0.3, -0.25) is 4.99 Å². The highest BCUT2D eigenvalue weighted by molar-refractivity contribution is 5.79. The summed E-state index contributed by atoms with van der Waals surface area (Å²) in [6.07, 6.45) is 6.20. The molecule has 2 aliphatic rings. The van der Waals surface area contributed by atoms with Crippen molar-refractivity contribution in [2.45, 2.75) is 45.1 Å². The van der Waals surface area contributed by atoms with Gasteiger partial charge >= 0.3 is 0 Å². The Labute approximate surface area is 158 Å². The predicted molar refractivity (Wildman–Crippen MR) is 109 cm³/mol. The number of fused-ring (bicyclic) bond motifs is 1. The lowest BCUT2D eigenvalue weighted by Gasteiger charge is -2.42. The number of anilines is 1. The first kappa shape index (κ1) is 19.0. The van der Waals surface area contributed by atoms with Crippen molar-refractivity contribution in [2.75, 3.05) is 45.3 Å². The molecule has 0 radical (unpaired) electrons. The predicted octanol–water partition coefficient (Wildman–Crippen LogP) is 2.81. The Balaban J connectivity index is 1.47. The molecule has 1 aliphatic heterocycles. The summed E-state index contributed by atoms with van der Waals surface area (Å²) in [6, 6.07) is 9.19. The van der Waals surface area contributed by atoms with Gasteiger partial charge in [0.25, 0.3) is 0 Å². The third-order valence-corrected chi connectivity index (χ3v) is 6.13. The summed E-state index contributed by atoms with van der Waals surface area (Å²) >= 11 is 0. The molecule has 26 heavy (non-hydrogen) atoms. The molecule has 1 atom stereocenters. The Bertz CT molecular complexity index is 612. The van der Waals surface area contributed by atoms with Crippen molar-refractivity contribution in [1.29, 1.82) is 0 Å². The van der Waals surface area contributed by atoms with Crippen LogP contribution in [0.1, 0.15) is 38.2 Å². The van der Waals surface area contributed by atoms with E-state index in [1.807, 2.05) is 7.05 Å². The molecule has 3 rings (SSSR count). The molecule has 1 fully saturated rings. The monoisotopic (exact) mass is 358 g/mol. The van der Waals surface area contributed by atoms with Gasteiger partial charge < -0.3 is 20.3 Å². The molecule has 144 valence electrons. The second-order valence-corrected chi connectivity index (χ2v) is 7.82. The maximum atomic E-state index is 5.29. The fourth-order valence-corrected chi connectivity index (χ4v) is 4.18. The van der Waals surface area contributed by atoms with Crippen LogP contribution in [0.3, 0.4) is 0 Å². The van der Waals surface area contributed by atoms with Crippen LogP contribution in [0.15, 0.2) is 29.3 Å². The highest BCUT2D eigenvalue weighted by Crippen LogP contribution is 2.43. The maximum absolute atomic E-state index is 5.29. The molecule has 1 aromatic carbocycles. The summed E-state index contributed by atoms with van der Waals surface area (Å²) in [5.41, 5.74) is 3.25. The molecular weight excluding hydrogens is 324 g/mol. The van der Waals surface area contributed by atoms with Gasteiger partial charge in [-0.1, -0.05) is 24.6 Å². The molecule has 5 heteroatoms. The maximum Gasteiger partial charge on any atom is 0.191 e. The van der Waals surface area contributed by atoms with Crippen LogP contribution in [0.5, 0.6) is 0 Å². The van der Waals surface area contributed by atoms with E-state index in [0.29, 0.717) is 11.5 Å². The van der Waals surface area contributed by atoms with Crippen molar-refractivity contribution in [2.24, 2.45) is 10.4 Å². The number of aliphatic imine (C=N–C) groups is 1. The zero-order valence-corrected chi connectivity index (χ0v) is 16.6. The average molecular weight is 359 g/mol. The third-order valence-electron chi connectivity index (χ3n) is 6.13. The number of rotatable bonds is 8. The van der Waals surface area contributed by atoms with E-state index in [1.165, 1.54) is 30.5 Å². The Morgan fingerprint density at radius 1 is 1.31 bits per heavy atom. The minimum absolute atomic E-state index is 0.396. The SMILES string of the molecule is CN=C(NCC(C)N1CCc2ccccc21)NCC1(CCOC)CCC1. The Morgan fingerprint density at radius 3 is 2.81 bits per heavy atom. The van der Waals surface area contributed by atoms with E-state index in [2.05, 4.69) is 51.7 Å². The van der Waals surface area contributed by atoms with Gasteiger partial charge in [-0.2, -0.15) is 0 Å². The fraction of sp³-hybridized carbons (Fsp3) is 0.667. The van der Waals surface area contributed by atoms with Gasteiger partial charge in [-0.25, -0.2) is 0 Å². The minimum atomic E-state index is 0.396. The number of benzene rings is 1. The lowest BCUT2D eigenvalue weighted by atomic mass is 9.67. The number of guanidine groups is 1. The first-order valence-electron chi connectivity index (χ1n) is 9.95. The minimum Gasteiger partial charge on any atom is -0.385 e. The molecule has 5 nitrogen and oxygen atoms in total. The molecule has 2 N–H and O–H groups in total. The molecule has 0 aromatic heterocycles. The molecule has 1 unspecified atom stereocenters. The van der Waals surface area contributed by atoms with Gasteiger partial charge in [-0.15, -0.1) is 0 Å². The van der Waals surface area contributed by atoms with Gasteiger partial charge in [0.05, 0.1) is 0 Å². The van der Waals surface area contributed by atoms with Gasteiger partial charge in [-0.05, 0) is 49.7 Å². The highest BCUT2D eigenvalue weighted by Gasteiger charge is 2.36. The van der Waals surface area contributed by atoms with Crippen molar-refractivity contribution >= 4 is 11.6 Å². The van der Waals surface area contributed by atoms with E-state index >= 15 is 0 Å². The van der Waals surface area contributed by atoms with Crippen LogP contribution in [0.25, 0.3) is 0 Å². The summed E-state index contributed by atoms with van der Waals surface area (Å²) in [5, 5.41) is 7.07. The molecule has 1 aliphatic carbocycles. The van der Waals surface area contributed by atoms with Crippen molar-refractivity contribution < 1.29 is 4.74 Å². The molecule has 0 saturated heterocycles. The van der Waals surface area contributed by atoms with Crippen LogP contribution in [0.2, 0.25) is 0 Å². The largest absolute Gasteiger partial charge is 0.385 e. The van der Waals surface area contributed by atoms with Crippen LogP contribution in [0, 0.1) is 5.41 Å². The van der Waals surface area contributed by atoms with E-state index in [1.54, 1.807) is 7.11 Å². The fourth-order valence-electron chi connectivity index (χ4n) is 4.18. The first-order chi connectivity index (χ1) is 12.7. The lowest BCUT2D eigenvalue weighted by molar-refractivity contribution is 0.0732. The third kappa shape index (κ3) is 4.32. The first-order valence-corrected chi connectivity index (χ1v) is 9.95. The molecular formula is C21H34N4O. The number of ether oxygens (including phenoxy) is 1. The van der Waals surface area contributed by atoms with E-state index < -0.39 is 0 Å². The number of methoxy groups -OCH3 is 1. The van der Waals surface area contributed by atoms with E-state index in [0.717, 1.165) is 45.0 Å². The molecule has 0 amide bonds. The Kier molecular flexibility index (Phi) is 6.41. The molecule has 0 spiro atoms. The Morgan fingerprint density at radius 2 is 2.12 bits per heavy atom. The summed E-state index contributed by atoms with van der Waals surface area (Å²) in [4.78, 5) is 6.92. The highest BCUT2D eigenvalue weighted by atomic mass is 16.5. The number of hydrogen-bond acceptors (Lipinski definition) is 3. The summed E-state index contributed by atoms with van der Waals surface area (Å²) in [7, 11) is 3.64. The summed E-state index contributed by atoms with van der Waals surface area (Å²) in [5.74, 6) is 0.910. The topological polar surface area (TPSA) is 48.9 Å². The molecule has 1 aromatic rings. The van der Waals surface area contributed by atoms with Gasteiger partial charge in [0, 0.05) is 52.1 Å². The van der Waals surface area contributed by atoms with Crippen LogP contribution in [-0.4, -0.2) is 52.4 Å². The number of para-hydroxylation sites is 1. The van der Waals surface area contributed by atoms with Crippen LogP contribution in [-0.2, 0) is 11.2 Å². The smallest absolute Gasteiger partial charge is 0.191 e. The second kappa shape index (κ2) is 8.76. The second-order valence-electron chi connectivity index (χ2n) is 7.82. The van der Waals surface area contributed by atoms with Gasteiger partial charge in [0.1, 0.15) is 0 Å². The van der Waals surface area contributed by atoms with Gasteiger partial charge in [0.2, 0.25) is 0 Å². The summed E-state index contributed by atoms with van der Waals surface area (Å²) in [6.45, 7) is 6.11. The van der Waals surface area contributed by atoms with Crippen molar-refractivity contribution in [3.63, 3.8) is 0 Å². The number of nitrogens with zero attached hydrogens (tertiary/aromatic N) is 2.